The summed E-state index contributed by atoms with van der Waals surface area (Å²) in [5.41, 5.74) is -5.41. The van der Waals surface area contributed by atoms with Gasteiger partial charge in [0.25, 0.3) is 8.53 Å². The Hall–Kier alpha value is 0.0118. The maximum absolute atomic E-state index is 15.5. The molecule has 2 fully saturated rings. The number of alkyl halides is 2. The smallest absolute Gasteiger partial charge is 0.399 e. The number of nitrogens with zero attached hydrogens (tertiary/aromatic N) is 2. The summed E-state index contributed by atoms with van der Waals surface area (Å²) < 4.78 is 75.5. The van der Waals surface area contributed by atoms with Crippen LogP contribution in [0.15, 0.2) is 0 Å². The van der Waals surface area contributed by atoms with Gasteiger partial charge in [0.05, 0.1) is 38.7 Å². The first kappa shape index (κ1) is 35.2. The van der Waals surface area contributed by atoms with Crippen molar-refractivity contribution in [2.75, 3.05) is 19.8 Å². The summed E-state index contributed by atoms with van der Waals surface area (Å²) in [6.45, 7) is 16.7. The van der Waals surface area contributed by atoms with E-state index in [2.05, 4.69) is 6.07 Å². The molecular weight excluding hydrogens is 567 g/mol. The van der Waals surface area contributed by atoms with Crippen molar-refractivity contribution in [3.63, 3.8) is 0 Å². The van der Waals surface area contributed by atoms with E-state index in [1.54, 1.807) is 0 Å². The fourth-order valence-electron chi connectivity index (χ4n) is 5.20. The first-order valence-corrected chi connectivity index (χ1v) is 19.3. The van der Waals surface area contributed by atoms with Gasteiger partial charge >= 0.3 is 13.3 Å². The van der Waals surface area contributed by atoms with Crippen LogP contribution in [0.5, 0.6) is 0 Å². The predicted octanol–water partition coefficient (Wildman–Crippen LogP) is 5.60. The van der Waals surface area contributed by atoms with Gasteiger partial charge in [0.15, 0.2) is 8.32 Å². The van der Waals surface area contributed by atoms with Crippen LogP contribution in [-0.4, -0.2) is 80.9 Å². The summed E-state index contributed by atoms with van der Waals surface area (Å²) in [5, 5.41) is 8.60. The molecule has 2 aliphatic heterocycles. The van der Waals surface area contributed by atoms with Crippen LogP contribution < -0.4 is 0 Å². The summed E-state index contributed by atoms with van der Waals surface area (Å²) in [7, 11) is -7.38. The molecule has 0 bridgehead atoms. The van der Waals surface area contributed by atoms with Crippen molar-refractivity contribution in [2.45, 2.75) is 121 Å². The molecule has 0 saturated carbocycles. The maximum atomic E-state index is 15.5. The fraction of sp³-hybridized carbons (Fsp3) is 0.958. The second-order valence-electron chi connectivity index (χ2n) is 12.3. The van der Waals surface area contributed by atoms with E-state index in [1.165, 1.54) is 6.92 Å². The normalized spacial score (nSPS) is 32.3. The van der Waals surface area contributed by atoms with Gasteiger partial charge in [-0.05, 0) is 59.2 Å². The van der Waals surface area contributed by atoms with Crippen molar-refractivity contribution in [3.05, 3.63) is 0 Å². The second kappa shape index (κ2) is 13.1. The van der Waals surface area contributed by atoms with E-state index in [0.717, 1.165) is 0 Å². The molecule has 15 heteroatoms. The molecule has 1 spiro atoms. The molecule has 0 amide bonds. The van der Waals surface area contributed by atoms with Gasteiger partial charge in [-0.25, -0.2) is 4.67 Å². The standard InChI is InChI=1S/C24H47BF2N2O7P2Si/c1-10-33-38(30)24(26,27)15-23(16-34-38)20(19(21(25)35-23)14-22(6,7)39(8,9)31)36-37(32-13-11-12-28)29(17(2)3)18(4)5/h17-21,31H,10-11,13-16,25H2,1-9H3/t19-,20?,21+,23-,37?,38?/m0/s1. The van der Waals surface area contributed by atoms with Crippen molar-refractivity contribution in [1.82, 2.24) is 4.67 Å². The summed E-state index contributed by atoms with van der Waals surface area (Å²) in [5.74, 6) is -0.395. The second-order valence-corrected chi connectivity index (χ2v) is 20.3. The molecule has 9 nitrogen and oxygen atoms in total. The Kier molecular flexibility index (Phi) is 11.8. The van der Waals surface area contributed by atoms with Gasteiger partial charge < -0.3 is 27.6 Å². The van der Waals surface area contributed by atoms with E-state index in [4.69, 9.17) is 28.1 Å². The highest BCUT2D eigenvalue weighted by molar-refractivity contribution is 7.55. The van der Waals surface area contributed by atoms with Crippen molar-refractivity contribution in [1.29, 1.82) is 5.26 Å². The molecule has 226 valence electrons. The van der Waals surface area contributed by atoms with E-state index in [0.29, 0.717) is 6.42 Å². The van der Waals surface area contributed by atoms with Gasteiger partial charge in [0, 0.05) is 24.0 Å². The topological polar surface area (TPSA) is 110 Å². The number of ether oxygens (including phenoxy) is 1. The molecule has 1 N–H and O–H groups in total. The average molecular weight is 614 g/mol. The quantitative estimate of drug-likeness (QED) is 0.161. The van der Waals surface area contributed by atoms with E-state index < -0.39 is 71.8 Å². The average Bonchev–Trinajstić information content (AvgIpc) is 3.00. The van der Waals surface area contributed by atoms with Crippen molar-refractivity contribution >= 4 is 32.3 Å². The number of halogens is 2. The van der Waals surface area contributed by atoms with E-state index in [-0.39, 0.29) is 31.7 Å². The number of nitriles is 1. The monoisotopic (exact) mass is 614 g/mol. The van der Waals surface area contributed by atoms with Gasteiger partial charge in [-0.2, -0.15) is 14.0 Å². The van der Waals surface area contributed by atoms with Crippen LogP contribution in [0, 0.1) is 17.2 Å². The first-order chi connectivity index (χ1) is 17.8. The minimum atomic E-state index is -4.71. The molecule has 0 radical (unpaired) electrons. The Morgan fingerprint density at radius 2 is 1.90 bits per heavy atom. The number of hydrogen-bond donors (Lipinski definition) is 1. The molecule has 6 atom stereocenters. The van der Waals surface area contributed by atoms with Crippen LogP contribution in [-0.2, 0) is 27.4 Å². The lowest BCUT2D eigenvalue weighted by atomic mass is 9.76. The Balaban J connectivity index is 2.59. The predicted molar refractivity (Wildman–Crippen MR) is 153 cm³/mol. The van der Waals surface area contributed by atoms with E-state index in [1.807, 2.05) is 67.2 Å². The molecule has 3 unspecified atom stereocenters. The minimum Gasteiger partial charge on any atom is -0.432 e. The lowest BCUT2D eigenvalue weighted by molar-refractivity contribution is -0.153. The fourth-order valence-corrected chi connectivity index (χ4v) is 9.42. The SMILES string of the molecule is B[C@@H]1O[C@@]2(COP(=O)(OCC)C(F)(F)C2)C(OP(OCCC#N)N(C(C)C)C(C)C)[C@@H]1CC(C)(C)[Si](C)(C)O. The lowest BCUT2D eigenvalue weighted by Gasteiger charge is -2.46. The highest BCUT2D eigenvalue weighted by Gasteiger charge is 2.69. The van der Waals surface area contributed by atoms with Crippen molar-refractivity contribution < 1.29 is 41.0 Å². The minimum absolute atomic E-state index is 0.00483. The van der Waals surface area contributed by atoms with Crippen LogP contribution in [0.4, 0.5) is 8.78 Å². The molecule has 0 aromatic rings. The van der Waals surface area contributed by atoms with Gasteiger partial charge in [0.1, 0.15) is 19.6 Å². The Morgan fingerprint density at radius 1 is 1.31 bits per heavy atom. The Bertz CT molecular complexity index is 914. The highest BCUT2D eigenvalue weighted by Crippen LogP contribution is 2.70. The molecule has 0 aromatic carbocycles. The zero-order valence-corrected chi connectivity index (χ0v) is 27.9. The van der Waals surface area contributed by atoms with Gasteiger partial charge in [0.2, 0.25) is 0 Å². The summed E-state index contributed by atoms with van der Waals surface area (Å²) in [6, 6.07) is 1.54. The molecule has 0 aromatic heterocycles. The summed E-state index contributed by atoms with van der Waals surface area (Å²) in [6.07, 6.45) is -1.21. The van der Waals surface area contributed by atoms with Crippen LogP contribution >= 0.6 is 16.1 Å². The molecule has 2 rings (SSSR count). The largest absolute Gasteiger partial charge is 0.432 e. The molecule has 0 aliphatic carbocycles. The zero-order chi connectivity index (χ0) is 30.0. The molecule has 2 aliphatic rings. The van der Waals surface area contributed by atoms with Gasteiger partial charge in [-0.3, -0.25) is 4.57 Å². The summed E-state index contributed by atoms with van der Waals surface area (Å²) in [4.78, 5) is 11.0. The number of hydrogen-bond acceptors (Lipinski definition) is 9. The van der Waals surface area contributed by atoms with Crippen LogP contribution in [0.2, 0.25) is 18.1 Å². The summed E-state index contributed by atoms with van der Waals surface area (Å²) >= 11 is 0. The number of rotatable bonds is 13. The third kappa shape index (κ3) is 7.70. The van der Waals surface area contributed by atoms with Crippen molar-refractivity contribution in [2.24, 2.45) is 5.92 Å². The van der Waals surface area contributed by atoms with Gasteiger partial charge in [-0.1, -0.05) is 13.8 Å². The maximum Gasteiger partial charge on any atom is 0.399 e. The van der Waals surface area contributed by atoms with E-state index >= 15 is 8.78 Å². The van der Waals surface area contributed by atoms with Crippen LogP contribution in [0.3, 0.4) is 0 Å². The Labute approximate surface area is 236 Å². The molecule has 2 saturated heterocycles. The van der Waals surface area contributed by atoms with Crippen molar-refractivity contribution in [3.8, 4) is 6.07 Å². The Morgan fingerprint density at radius 3 is 2.36 bits per heavy atom. The first-order valence-electron chi connectivity index (χ1n) is 13.7. The molecule has 39 heavy (non-hydrogen) atoms. The molecule has 2 heterocycles. The van der Waals surface area contributed by atoms with E-state index in [9.17, 15) is 9.36 Å². The highest BCUT2D eigenvalue weighted by atomic mass is 31.2. The zero-order valence-electron chi connectivity index (χ0n) is 25.1. The molecular formula is C24H47BF2N2O7P2Si. The van der Waals surface area contributed by atoms with Crippen LogP contribution in [0.25, 0.3) is 0 Å². The van der Waals surface area contributed by atoms with Crippen LogP contribution in [0.1, 0.15) is 67.7 Å². The third-order valence-electron chi connectivity index (χ3n) is 7.89. The lowest BCUT2D eigenvalue weighted by Crippen LogP contribution is -2.54. The van der Waals surface area contributed by atoms with Gasteiger partial charge in [-0.15, -0.1) is 0 Å². The third-order valence-corrected chi connectivity index (χ3v) is 15.5.